The summed E-state index contributed by atoms with van der Waals surface area (Å²) in [6.07, 6.45) is 9.47. The summed E-state index contributed by atoms with van der Waals surface area (Å²) in [7, 11) is 0. The molecule has 0 aromatic carbocycles. The van der Waals surface area contributed by atoms with Crippen LogP contribution in [0.15, 0.2) is 30.0 Å². The topological polar surface area (TPSA) is 45.2 Å². The molecule has 2 aliphatic rings. The molecule has 2 saturated heterocycles. The molecule has 122 valence electrons. The predicted molar refractivity (Wildman–Crippen MR) is 92.5 cm³/mol. The van der Waals surface area contributed by atoms with E-state index in [2.05, 4.69) is 30.1 Å². The maximum Gasteiger partial charge on any atom is 0.225 e. The van der Waals surface area contributed by atoms with Gasteiger partial charge in [0.15, 0.2) is 0 Å². The van der Waals surface area contributed by atoms with Crippen molar-refractivity contribution >= 4 is 17.3 Å². The van der Waals surface area contributed by atoms with Gasteiger partial charge in [0.25, 0.3) is 0 Å². The summed E-state index contributed by atoms with van der Waals surface area (Å²) in [6.45, 7) is 5.69. The zero-order valence-corrected chi connectivity index (χ0v) is 14.2. The van der Waals surface area contributed by atoms with Crippen LogP contribution in [0.3, 0.4) is 0 Å². The van der Waals surface area contributed by atoms with Gasteiger partial charge in [0.2, 0.25) is 5.95 Å². The third-order valence-electron chi connectivity index (χ3n) is 5.19. The Morgan fingerprint density at radius 1 is 0.957 bits per heavy atom. The van der Waals surface area contributed by atoms with E-state index in [0.29, 0.717) is 0 Å². The summed E-state index contributed by atoms with van der Waals surface area (Å²) in [4.78, 5) is 18.1. The molecule has 6 heteroatoms. The van der Waals surface area contributed by atoms with Crippen LogP contribution in [0.4, 0.5) is 5.95 Å². The second-order valence-electron chi connectivity index (χ2n) is 6.58. The Hall–Kier alpha value is -1.53. The molecule has 23 heavy (non-hydrogen) atoms. The van der Waals surface area contributed by atoms with Gasteiger partial charge in [-0.05, 0) is 43.7 Å². The van der Waals surface area contributed by atoms with Crippen molar-refractivity contribution < 1.29 is 0 Å². The van der Waals surface area contributed by atoms with E-state index >= 15 is 0 Å². The summed E-state index contributed by atoms with van der Waals surface area (Å²) < 4.78 is 0. The van der Waals surface area contributed by atoms with Gasteiger partial charge in [-0.1, -0.05) is 0 Å². The summed E-state index contributed by atoms with van der Waals surface area (Å²) in [5.41, 5.74) is 0. The molecule has 5 nitrogen and oxygen atoms in total. The largest absolute Gasteiger partial charge is 0.341 e. The average molecular weight is 329 g/mol. The Morgan fingerprint density at radius 3 is 2.48 bits per heavy atom. The molecule has 0 unspecified atom stereocenters. The van der Waals surface area contributed by atoms with E-state index in [0.717, 1.165) is 37.4 Å². The van der Waals surface area contributed by atoms with E-state index in [1.54, 1.807) is 11.3 Å². The minimum Gasteiger partial charge on any atom is -0.341 e. The van der Waals surface area contributed by atoms with Crippen molar-refractivity contribution in [3.05, 3.63) is 35.0 Å². The van der Waals surface area contributed by atoms with Crippen LogP contribution in [-0.4, -0.2) is 46.0 Å². The number of anilines is 1. The van der Waals surface area contributed by atoms with E-state index in [1.807, 2.05) is 24.7 Å². The van der Waals surface area contributed by atoms with Crippen LogP contribution in [0.25, 0.3) is 0 Å². The lowest BCUT2D eigenvalue weighted by atomic mass is 9.84. The molecule has 0 spiro atoms. The highest BCUT2D eigenvalue weighted by atomic mass is 32.1. The van der Waals surface area contributed by atoms with E-state index in [9.17, 15) is 0 Å². The smallest absolute Gasteiger partial charge is 0.225 e. The summed E-state index contributed by atoms with van der Waals surface area (Å²) in [5, 5.41) is 3.33. The van der Waals surface area contributed by atoms with Crippen molar-refractivity contribution in [1.29, 1.82) is 0 Å². The molecule has 2 aliphatic heterocycles. The number of hydrogen-bond donors (Lipinski definition) is 0. The number of piperidine rings is 1. The van der Waals surface area contributed by atoms with Gasteiger partial charge in [-0.3, -0.25) is 4.90 Å². The molecule has 0 saturated carbocycles. The SMILES string of the molecule is c1cnc(N2CCC([C@H]3CCN(Cc4nccs4)C3)CC2)nc1. The molecular weight excluding hydrogens is 306 g/mol. The quantitative estimate of drug-likeness (QED) is 0.863. The molecule has 2 aromatic heterocycles. The average Bonchev–Trinajstić information content (AvgIpc) is 3.28. The van der Waals surface area contributed by atoms with Crippen LogP contribution in [0.2, 0.25) is 0 Å². The second-order valence-corrected chi connectivity index (χ2v) is 7.56. The first kappa shape index (κ1) is 15.0. The number of likely N-dealkylation sites (tertiary alicyclic amines) is 1. The fraction of sp³-hybridized carbons (Fsp3) is 0.588. The van der Waals surface area contributed by atoms with Crippen molar-refractivity contribution in [1.82, 2.24) is 19.9 Å². The highest BCUT2D eigenvalue weighted by Crippen LogP contribution is 2.33. The Labute approximate surface area is 141 Å². The minimum absolute atomic E-state index is 0.855. The molecule has 4 rings (SSSR count). The standard InChI is InChI=1S/C17H23N5S/c1-5-19-17(20-6-1)22-9-3-14(4-10-22)15-2-8-21(12-15)13-16-18-7-11-23-16/h1,5-7,11,14-15H,2-4,8-10,12-13H2/t15-/m0/s1. The zero-order chi connectivity index (χ0) is 15.5. The van der Waals surface area contributed by atoms with Crippen LogP contribution >= 0.6 is 11.3 Å². The molecule has 0 amide bonds. The predicted octanol–water partition coefficient (Wildman–Crippen LogP) is 2.67. The van der Waals surface area contributed by atoms with Crippen molar-refractivity contribution in [2.24, 2.45) is 11.8 Å². The molecule has 0 bridgehead atoms. The molecule has 2 aromatic rings. The third-order valence-corrected chi connectivity index (χ3v) is 5.96. The maximum absolute atomic E-state index is 4.42. The van der Waals surface area contributed by atoms with E-state index in [4.69, 9.17) is 0 Å². The zero-order valence-electron chi connectivity index (χ0n) is 13.3. The first-order valence-electron chi connectivity index (χ1n) is 8.51. The molecular formula is C17H23N5S. The number of aromatic nitrogens is 3. The van der Waals surface area contributed by atoms with Crippen molar-refractivity contribution in [3.8, 4) is 0 Å². The van der Waals surface area contributed by atoms with Gasteiger partial charge in [0.05, 0.1) is 6.54 Å². The van der Waals surface area contributed by atoms with E-state index < -0.39 is 0 Å². The summed E-state index contributed by atoms with van der Waals surface area (Å²) in [6, 6.07) is 1.88. The Balaban J connectivity index is 1.28. The van der Waals surface area contributed by atoms with Gasteiger partial charge >= 0.3 is 0 Å². The minimum atomic E-state index is 0.855. The van der Waals surface area contributed by atoms with Crippen molar-refractivity contribution in [3.63, 3.8) is 0 Å². The molecule has 4 heterocycles. The monoisotopic (exact) mass is 329 g/mol. The molecule has 0 N–H and O–H groups in total. The number of nitrogens with zero attached hydrogens (tertiary/aromatic N) is 5. The number of hydrogen-bond acceptors (Lipinski definition) is 6. The molecule has 0 radical (unpaired) electrons. The molecule has 2 fully saturated rings. The van der Waals surface area contributed by atoms with Crippen LogP contribution in [0, 0.1) is 11.8 Å². The van der Waals surface area contributed by atoms with Gasteiger partial charge in [-0.2, -0.15) is 0 Å². The highest BCUT2D eigenvalue weighted by Gasteiger charge is 2.32. The fourth-order valence-electron chi connectivity index (χ4n) is 3.94. The first-order chi connectivity index (χ1) is 11.4. The Kier molecular flexibility index (Phi) is 4.52. The van der Waals surface area contributed by atoms with Gasteiger partial charge in [-0.25, -0.2) is 15.0 Å². The van der Waals surface area contributed by atoms with Crippen LogP contribution in [0.1, 0.15) is 24.3 Å². The van der Waals surface area contributed by atoms with E-state index in [1.165, 1.54) is 37.4 Å². The normalized spacial score (nSPS) is 23.5. The van der Waals surface area contributed by atoms with E-state index in [-0.39, 0.29) is 0 Å². The van der Waals surface area contributed by atoms with Crippen LogP contribution in [-0.2, 0) is 6.54 Å². The van der Waals surface area contributed by atoms with Crippen molar-refractivity contribution in [2.75, 3.05) is 31.1 Å². The molecule has 1 atom stereocenters. The van der Waals surface area contributed by atoms with Gasteiger partial charge in [0.1, 0.15) is 5.01 Å². The lowest BCUT2D eigenvalue weighted by Crippen LogP contribution is -2.37. The van der Waals surface area contributed by atoms with Crippen LogP contribution < -0.4 is 4.90 Å². The van der Waals surface area contributed by atoms with Gasteiger partial charge in [0, 0.05) is 43.6 Å². The maximum atomic E-state index is 4.42. The van der Waals surface area contributed by atoms with Crippen molar-refractivity contribution in [2.45, 2.75) is 25.8 Å². The number of rotatable bonds is 4. The lowest BCUT2D eigenvalue weighted by molar-refractivity contribution is 0.251. The second kappa shape index (κ2) is 6.93. The lowest BCUT2D eigenvalue weighted by Gasteiger charge is -2.34. The molecule has 0 aliphatic carbocycles. The van der Waals surface area contributed by atoms with Gasteiger partial charge in [-0.15, -0.1) is 11.3 Å². The first-order valence-corrected chi connectivity index (χ1v) is 9.39. The van der Waals surface area contributed by atoms with Gasteiger partial charge < -0.3 is 4.90 Å². The summed E-state index contributed by atoms with van der Waals surface area (Å²) in [5.74, 6) is 2.60. The Morgan fingerprint density at radius 2 is 1.74 bits per heavy atom. The highest BCUT2D eigenvalue weighted by molar-refractivity contribution is 7.09. The number of thiazole rings is 1. The fourth-order valence-corrected chi connectivity index (χ4v) is 4.60. The van der Waals surface area contributed by atoms with Crippen LogP contribution in [0.5, 0.6) is 0 Å². The third kappa shape index (κ3) is 3.53. The Bertz CT molecular complexity index is 595. The summed E-state index contributed by atoms with van der Waals surface area (Å²) >= 11 is 1.77.